The minimum absolute atomic E-state index is 0. The fraction of sp³-hybridized carbons (Fsp3) is 0.600. The first-order chi connectivity index (χ1) is 27.6. The molecule has 0 bridgehead atoms. The first-order valence-corrected chi connectivity index (χ1v) is 21.6. The van der Waals surface area contributed by atoms with E-state index in [0.29, 0.717) is 6.42 Å². The van der Waals surface area contributed by atoms with Crippen molar-refractivity contribution in [2.45, 2.75) is 140 Å². The van der Waals surface area contributed by atoms with Crippen molar-refractivity contribution in [2.24, 2.45) is 0 Å². The molecule has 1 fully saturated rings. The summed E-state index contributed by atoms with van der Waals surface area (Å²) in [6.45, 7) is 0.532. The molecule has 7 N–H and O–H groups in total. The molecule has 0 radical (unpaired) electrons. The van der Waals surface area contributed by atoms with Gasteiger partial charge in [-0.1, -0.05) is 84.0 Å². The summed E-state index contributed by atoms with van der Waals surface area (Å²) in [6, 6.07) is 0. The van der Waals surface area contributed by atoms with Crippen LogP contribution >= 0.6 is 29.1 Å². The Kier molecular flexibility index (Phi) is 30.1. The van der Waals surface area contributed by atoms with Gasteiger partial charge >= 0.3 is 27.6 Å². The van der Waals surface area contributed by atoms with Gasteiger partial charge in [-0.15, -0.1) is 6.42 Å². The summed E-state index contributed by atoms with van der Waals surface area (Å²) in [5.41, 5.74) is 0. The number of terminal acetylenes is 1. The van der Waals surface area contributed by atoms with Gasteiger partial charge in [0.15, 0.2) is 6.10 Å². The van der Waals surface area contributed by atoms with Crippen molar-refractivity contribution in [2.75, 3.05) is 13.2 Å². The maximum atomic E-state index is 12.8. The number of phosphoric acid groups is 2. The van der Waals surface area contributed by atoms with Gasteiger partial charge in [0, 0.05) is 30.9 Å². The number of aliphatic hydroxyl groups excluding tert-OH is 4. The predicted octanol–water partition coefficient (Wildman–Crippen LogP) is 5.32. The van der Waals surface area contributed by atoms with Gasteiger partial charge in [0.1, 0.15) is 43.2 Å². The van der Waals surface area contributed by atoms with Crippen LogP contribution in [-0.4, -0.2) is 103 Å². The maximum Gasteiger partial charge on any atom is 0.472 e. The zero-order chi connectivity index (χ0) is 43.2. The third kappa shape index (κ3) is 26.9. The minimum atomic E-state index is -5.35. The first-order valence-electron chi connectivity index (χ1n) is 18.6. The second-order valence-corrected chi connectivity index (χ2v) is 15.3. The first kappa shape index (κ1) is 55.3. The van der Waals surface area contributed by atoms with Crippen molar-refractivity contribution in [1.82, 2.24) is 0 Å². The molecule has 0 aliphatic heterocycles. The Hall–Kier alpha value is -3.73. The van der Waals surface area contributed by atoms with E-state index >= 15 is 0 Å². The lowest BCUT2D eigenvalue weighted by Gasteiger charge is -2.43. The summed E-state index contributed by atoms with van der Waals surface area (Å²) in [7, 11) is -10.7. The highest BCUT2D eigenvalue weighted by atomic mass is 32.1. The number of ether oxygens (including phenoxy) is 2. The Morgan fingerprint density at radius 1 is 0.627 bits per heavy atom. The number of hydrogen-bond acceptors (Lipinski definition) is 13. The summed E-state index contributed by atoms with van der Waals surface area (Å²) >= 11 is 0. The van der Waals surface area contributed by atoms with Crippen LogP contribution in [0.15, 0.2) is 0 Å². The summed E-state index contributed by atoms with van der Waals surface area (Å²) in [4.78, 5) is 53.3. The molecule has 0 saturated heterocycles. The van der Waals surface area contributed by atoms with Gasteiger partial charge in [-0.05, 0) is 77.5 Å². The van der Waals surface area contributed by atoms with Crippen LogP contribution in [0.3, 0.4) is 0 Å². The van der Waals surface area contributed by atoms with E-state index in [-0.39, 0.29) is 38.5 Å². The number of aliphatic hydroxyl groups is 4. The lowest BCUT2D eigenvalue weighted by atomic mass is 9.85. The van der Waals surface area contributed by atoms with Gasteiger partial charge in [0.05, 0.1) is 6.61 Å². The van der Waals surface area contributed by atoms with Gasteiger partial charge in [0.2, 0.25) is 0 Å². The van der Waals surface area contributed by atoms with Gasteiger partial charge in [0.25, 0.3) is 0 Å². The molecule has 0 aromatic carbocycles. The highest BCUT2D eigenvalue weighted by Crippen LogP contribution is 2.48. The molecule has 350 valence electrons. The molecule has 59 heavy (non-hydrogen) atoms. The van der Waals surface area contributed by atoms with E-state index in [4.69, 9.17) is 34.7 Å². The molecule has 0 heterocycles. The quantitative estimate of drug-likeness (QED) is 0.0213. The zero-order valence-electron chi connectivity index (χ0n) is 32.6. The van der Waals surface area contributed by atoms with Crippen molar-refractivity contribution in [1.29, 1.82) is 0 Å². The molecule has 0 aromatic heterocycles. The average Bonchev–Trinajstić information content (AvgIpc) is 3.17. The SMILES string of the molecule is C#CC#CC#CC#CC#CC#CC#CC(=O)OC[C@H](COP(=O)(O)OC1C(O)[C@@H](O)C(OP(=O)(O)O)[C@@H](O)[C@H]1O)OC(=O)CCCCCCCCCCCCCCC.S.[HH].[HH].[HH].[HH].[HH].[HH].[HH].[HH].[HH].[HH].[HH].[HH].[HH]. The van der Waals surface area contributed by atoms with Crippen molar-refractivity contribution in [3.8, 4) is 83.4 Å². The number of hydrogen-bond donors (Lipinski definition) is 7. The van der Waals surface area contributed by atoms with Crippen LogP contribution in [-0.2, 0) is 41.8 Å². The molecular weight excluding hydrogens is 830 g/mol. The van der Waals surface area contributed by atoms with Crippen LogP contribution in [0.1, 0.15) is 115 Å². The van der Waals surface area contributed by atoms with Gasteiger partial charge in [-0.2, -0.15) is 13.5 Å². The number of carbonyl (C=O) groups excluding carboxylic acids is 2. The smallest absolute Gasteiger partial charge is 0.456 e. The highest BCUT2D eigenvalue weighted by molar-refractivity contribution is 7.59. The number of phosphoric ester groups is 2. The summed E-state index contributed by atoms with van der Waals surface area (Å²) in [6.07, 6.45) is 3.85. The fourth-order valence-corrected chi connectivity index (χ4v) is 6.74. The topological polar surface area (TPSA) is 256 Å². The van der Waals surface area contributed by atoms with E-state index in [9.17, 15) is 44.0 Å². The van der Waals surface area contributed by atoms with Crippen LogP contribution in [0.4, 0.5) is 0 Å². The summed E-state index contributed by atoms with van der Waals surface area (Å²) in [5, 5.41) is 41.2. The molecule has 0 amide bonds. The molecule has 4 unspecified atom stereocenters. The van der Waals surface area contributed by atoms with E-state index in [2.05, 4.69) is 82.5 Å². The molecule has 8 atom stereocenters. The monoisotopic (exact) mass is 908 g/mol. The number of rotatable bonds is 24. The van der Waals surface area contributed by atoms with Crippen molar-refractivity contribution in [3.05, 3.63) is 0 Å². The lowest BCUT2D eigenvalue weighted by Crippen LogP contribution is -2.64. The predicted molar refractivity (Wildman–Crippen MR) is 246 cm³/mol. The third-order valence-electron chi connectivity index (χ3n) is 8.03. The lowest BCUT2D eigenvalue weighted by molar-refractivity contribution is -0.216. The van der Waals surface area contributed by atoms with Crippen molar-refractivity contribution in [3.63, 3.8) is 0 Å². The number of unbranched alkanes of at least 4 members (excludes halogenated alkanes) is 12. The van der Waals surface area contributed by atoms with Crippen molar-refractivity contribution >= 4 is 41.1 Å². The number of carbonyl (C=O) groups is 2. The molecule has 1 rings (SSSR count). The van der Waals surface area contributed by atoms with Gasteiger partial charge in [-0.3, -0.25) is 18.4 Å². The van der Waals surface area contributed by atoms with Crippen molar-refractivity contribution < 1.29 is 95.4 Å². The highest BCUT2D eigenvalue weighted by Gasteiger charge is 2.54. The summed E-state index contributed by atoms with van der Waals surface area (Å²) < 4.78 is 48.2. The molecule has 0 spiro atoms. The zero-order valence-corrected chi connectivity index (χ0v) is 35.4. The standard InChI is InChI=1S/C40H50O16P2.H2S.13H2/c1-3-5-7-9-11-13-15-17-19-21-23-25-27-29-34(42)54-32(30-52-33(41)28-26-24-22-20-18-16-14-12-10-8-6-4-2)31-53-58(50,51)56-40-37(45)35(43)39(36(44)38(40)46)55-57(47,48)49;;;;;;;;;;;;;;/h2,32,35-40,43-46H,3,5,7,9,11,13,15,17,19,21,23,25,27,29-31H2,1H3,(H,50,51)(H2,47,48,49);1H2;13*1H/t32-,35-,36+,37?,38-,39?,40?;;;;;;;;;;;;;;/m1............../s1. The Morgan fingerprint density at radius 3 is 1.47 bits per heavy atom. The number of esters is 2. The van der Waals surface area contributed by atoms with E-state index in [1.165, 1.54) is 44.9 Å². The Bertz CT molecular complexity index is 1870. The van der Waals surface area contributed by atoms with E-state index < -0.39 is 83.5 Å². The Labute approximate surface area is 372 Å². The largest absolute Gasteiger partial charge is 0.472 e. The van der Waals surface area contributed by atoms with E-state index in [1.807, 2.05) is 5.92 Å². The second-order valence-electron chi connectivity index (χ2n) is 12.7. The third-order valence-corrected chi connectivity index (χ3v) is 9.53. The van der Waals surface area contributed by atoms with E-state index in [0.717, 1.165) is 32.1 Å². The maximum absolute atomic E-state index is 12.8. The average molecular weight is 909 g/mol. The Morgan fingerprint density at radius 2 is 1.03 bits per heavy atom. The van der Waals surface area contributed by atoms with Crippen LogP contribution < -0.4 is 0 Å². The fourth-order valence-electron chi connectivity index (χ4n) is 5.20. The Balaban J connectivity index is -0.000000200. The van der Waals surface area contributed by atoms with E-state index in [1.54, 1.807) is 0 Å². The van der Waals surface area contributed by atoms with Crippen LogP contribution in [0, 0.1) is 83.4 Å². The molecule has 1 aliphatic rings. The molecule has 1 aliphatic carbocycles. The second kappa shape index (κ2) is 32.1. The minimum Gasteiger partial charge on any atom is -0.456 e. The molecule has 1 saturated carbocycles. The van der Waals surface area contributed by atoms with Gasteiger partial charge in [-0.25, -0.2) is 13.9 Å². The van der Waals surface area contributed by atoms with Crippen LogP contribution in [0.5, 0.6) is 0 Å². The molecule has 19 heteroatoms. The van der Waals surface area contributed by atoms with Crippen LogP contribution in [0.2, 0.25) is 0 Å². The van der Waals surface area contributed by atoms with Crippen LogP contribution in [0.25, 0.3) is 0 Å². The molecular formula is C40H78O16P2S. The molecule has 0 aromatic rings. The molecule has 16 nitrogen and oxygen atoms in total. The normalized spacial score (nSPS) is 20.5. The summed E-state index contributed by atoms with van der Waals surface area (Å²) in [5.74, 6) is 27.9. The van der Waals surface area contributed by atoms with Gasteiger partial charge < -0.3 is 44.6 Å².